The molecule has 1 aromatic carbocycles. The first-order valence-electron chi connectivity index (χ1n) is 11.9. The van der Waals surface area contributed by atoms with Gasteiger partial charge < -0.3 is 25.0 Å². The van der Waals surface area contributed by atoms with Gasteiger partial charge in [0.05, 0.1) is 18.1 Å². The zero-order chi connectivity index (χ0) is 23.1. The summed E-state index contributed by atoms with van der Waals surface area (Å²) in [5.74, 6) is 0.899. The van der Waals surface area contributed by atoms with E-state index in [0.29, 0.717) is 25.8 Å². The van der Waals surface area contributed by atoms with Crippen molar-refractivity contribution < 1.29 is 14.6 Å². The molecule has 1 amide bonds. The number of pyridine rings is 1. The molecule has 34 heavy (non-hydrogen) atoms. The minimum Gasteiger partial charge on any atom is -0.378 e. The third-order valence-electron chi connectivity index (χ3n) is 6.72. The second-order valence-electron chi connectivity index (χ2n) is 9.09. The van der Waals surface area contributed by atoms with E-state index in [0.717, 1.165) is 70.3 Å². The summed E-state index contributed by atoms with van der Waals surface area (Å²) in [7, 11) is 0. The number of hydrogen-bond donors (Lipinski definition) is 2. The molecule has 7 nitrogen and oxygen atoms in total. The molecule has 1 atom stereocenters. The van der Waals surface area contributed by atoms with Crippen LogP contribution in [0.15, 0.2) is 48.7 Å². The molecule has 2 aromatic heterocycles. The lowest BCUT2D eigenvalue weighted by molar-refractivity contribution is 0.0955. The van der Waals surface area contributed by atoms with Crippen LogP contribution >= 0.6 is 11.3 Å². The summed E-state index contributed by atoms with van der Waals surface area (Å²) >= 11 is 1.55. The molecule has 2 aliphatic heterocycles. The van der Waals surface area contributed by atoms with E-state index < -0.39 is 6.23 Å². The number of rotatable bonds is 5. The number of morpholine rings is 1. The number of benzene rings is 1. The number of nitrogens with zero attached hydrogens (tertiary/aromatic N) is 3. The van der Waals surface area contributed by atoms with Gasteiger partial charge in [0.25, 0.3) is 5.91 Å². The molecule has 3 aliphatic rings. The van der Waals surface area contributed by atoms with Crippen molar-refractivity contribution in [2.75, 3.05) is 42.6 Å². The van der Waals surface area contributed by atoms with Crippen LogP contribution in [-0.4, -0.2) is 54.9 Å². The molecule has 8 heteroatoms. The Labute approximate surface area is 203 Å². The number of aromatic nitrogens is 1. The molecule has 3 aromatic rings. The molecule has 1 saturated carbocycles. The number of thiophene rings is 1. The van der Waals surface area contributed by atoms with E-state index in [-0.39, 0.29) is 5.91 Å². The monoisotopic (exact) mass is 476 g/mol. The highest BCUT2D eigenvalue weighted by atomic mass is 32.1. The lowest BCUT2D eigenvalue weighted by atomic mass is 10.1. The van der Waals surface area contributed by atoms with Gasteiger partial charge in [-0.2, -0.15) is 0 Å². The van der Waals surface area contributed by atoms with Gasteiger partial charge in [0.15, 0.2) is 6.23 Å². The highest BCUT2D eigenvalue weighted by Gasteiger charge is 2.29. The normalized spacial score (nSPS) is 18.6. The number of carbonyl (C=O) groups is 1. The highest BCUT2D eigenvalue weighted by Crippen LogP contribution is 2.43. The maximum absolute atomic E-state index is 12.7. The first-order valence-corrected chi connectivity index (χ1v) is 12.8. The number of aliphatic hydroxyl groups excluding tert-OH is 1. The van der Waals surface area contributed by atoms with E-state index in [4.69, 9.17) is 4.74 Å². The van der Waals surface area contributed by atoms with Crippen molar-refractivity contribution in [1.29, 1.82) is 0 Å². The van der Waals surface area contributed by atoms with Gasteiger partial charge in [0.2, 0.25) is 0 Å². The summed E-state index contributed by atoms with van der Waals surface area (Å²) < 4.78 is 5.46. The minimum absolute atomic E-state index is 0.0300. The summed E-state index contributed by atoms with van der Waals surface area (Å²) in [6.07, 6.45) is 3.89. The summed E-state index contributed by atoms with van der Waals surface area (Å²) in [5.41, 5.74) is 4.03. The molecule has 1 unspecified atom stereocenters. The second kappa shape index (κ2) is 9.02. The quantitative estimate of drug-likeness (QED) is 0.586. The minimum atomic E-state index is -0.796. The lowest BCUT2D eigenvalue weighted by Gasteiger charge is -2.32. The van der Waals surface area contributed by atoms with E-state index in [1.807, 2.05) is 30.3 Å². The van der Waals surface area contributed by atoms with Crippen LogP contribution in [0, 0.1) is 0 Å². The van der Waals surface area contributed by atoms with E-state index >= 15 is 0 Å². The molecule has 1 aliphatic carbocycles. The van der Waals surface area contributed by atoms with Crippen LogP contribution in [-0.2, 0) is 11.2 Å². The Bertz CT molecular complexity index is 1200. The number of para-hydroxylation sites is 1. The molecule has 2 fully saturated rings. The summed E-state index contributed by atoms with van der Waals surface area (Å²) in [6, 6.07) is 14.4. The second-order valence-corrected chi connectivity index (χ2v) is 10.1. The Hall–Kier alpha value is -2.94. The predicted octanol–water partition coefficient (Wildman–Crippen LogP) is 3.59. The van der Waals surface area contributed by atoms with E-state index in [1.165, 1.54) is 0 Å². The largest absolute Gasteiger partial charge is 0.378 e. The van der Waals surface area contributed by atoms with Gasteiger partial charge in [-0.3, -0.25) is 4.79 Å². The number of fused-ring (bicyclic) bond motifs is 3. The summed E-state index contributed by atoms with van der Waals surface area (Å²) in [4.78, 5) is 23.3. The highest BCUT2D eigenvalue weighted by molar-refractivity contribution is 7.17. The van der Waals surface area contributed by atoms with Crippen LogP contribution in [0.5, 0.6) is 0 Å². The number of amides is 1. The number of hydrogen-bond acceptors (Lipinski definition) is 7. The van der Waals surface area contributed by atoms with E-state index in [1.54, 1.807) is 17.5 Å². The molecule has 176 valence electrons. The summed E-state index contributed by atoms with van der Waals surface area (Å²) in [6.45, 7) is 3.64. The van der Waals surface area contributed by atoms with Gasteiger partial charge >= 0.3 is 0 Å². The van der Waals surface area contributed by atoms with Gasteiger partial charge in [0.1, 0.15) is 5.82 Å². The van der Waals surface area contributed by atoms with Gasteiger partial charge in [0, 0.05) is 53.6 Å². The third kappa shape index (κ3) is 4.17. The fourth-order valence-corrected chi connectivity index (χ4v) is 5.86. The first-order chi connectivity index (χ1) is 16.7. The van der Waals surface area contributed by atoms with Crippen molar-refractivity contribution in [2.45, 2.75) is 31.5 Å². The molecule has 4 heterocycles. The topological polar surface area (TPSA) is 77.9 Å². The van der Waals surface area contributed by atoms with E-state index in [2.05, 4.69) is 32.2 Å². The molecule has 0 bridgehead atoms. The van der Waals surface area contributed by atoms with Crippen LogP contribution in [0.4, 0.5) is 11.5 Å². The maximum Gasteiger partial charge on any atom is 0.261 e. The van der Waals surface area contributed by atoms with E-state index in [9.17, 15) is 9.90 Å². The Morgan fingerprint density at radius 2 is 1.97 bits per heavy atom. The van der Waals surface area contributed by atoms with Crippen molar-refractivity contribution in [2.24, 2.45) is 0 Å². The van der Waals surface area contributed by atoms with Crippen molar-refractivity contribution in [3.8, 4) is 10.4 Å². The van der Waals surface area contributed by atoms with Gasteiger partial charge in [-0.1, -0.05) is 18.2 Å². The van der Waals surface area contributed by atoms with Crippen LogP contribution < -0.4 is 15.1 Å². The average molecular weight is 477 g/mol. The number of carbonyl (C=O) groups excluding carboxylic acids is 1. The van der Waals surface area contributed by atoms with Gasteiger partial charge in [-0.05, 0) is 49.1 Å². The third-order valence-corrected chi connectivity index (χ3v) is 7.93. The first kappa shape index (κ1) is 21.6. The van der Waals surface area contributed by atoms with Crippen LogP contribution in [0.1, 0.15) is 39.9 Å². The maximum atomic E-state index is 12.7. The number of anilines is 2. The number of aliphatic hydroxyl groups is 1. The Balaban J connectivity index is 1.30. The van der Waals surface area contributed by atoms with Crippen LogP contribution in [0.2, 0.25) is 0 Å². The lowest BCUT2D eigenvalue weighted by Crippen LogP contribution is -2.37. The molecule has 1 saturated heterocycles. The van der Waals surface area contributed by atoms with Crippen LogP contribution in [0.3, 0.4) is 0 Å². The Morgan fingerprint density at radius 3 is 2.79 bits per heavy atom. The number of nitrogens with one attached hydrogen (secondary N) is 1. The van der Waals surface area contributed by atoms with Gasteiger partial charge in [-0.15, -0.1) is 11.3 Å². The molecular formula is C26H28N4O3S. The molecule has 6 rings (SSSR count). The standard InChI is InChI=1S/C26H28N4O3S/c31-25(28-19-5-6-19)22-15-17-8-10-30(21-4-2-1-3-20(21)24(17)34-22)26(32)18-7-9-27-23(16-18)29-11-13-33-14-12-29/h1-4,7,9,15-16,19,26,32H,5-6,8,10-14H2,(H,28,31). The molecular weight excluding hydrogens is 448 g/mol. The van der Waals surface area contributed by atoms with Crippen molar-refractivity contribution >= 4 is 28.7 Å². The summed E-state index contributed by atoms with van der Waals surface area (Å²) in [5, 5.41) is 14.6. The van der Waals surface area contributed by atoms with Crippen molar-refractivity contribution in [3.63, 3.8) is 0 Å². The predicted molar refractivity (Wildman–Crippen MR) is 134 cm³/mol. The van der Waals surface area contributed by atoms with Crippen molar-refractivity contribution in [1.82, 2.24) is 10.3 Å². The fourth-order valence-electron chi connectivity index (χ4n) is 4.71. The SMILES string of the molecule is O=C(NC1CC1)c1cc2c(s1)-c1ccccc1N(C(O)c1ccnc(N3CCOCC3)c1)CC2. The van der Waals surface area contributed by atoms with Crippen molar-refractivity contribution in [3.05, 3.63) is 64.7 Å². The number of ether oxygens (including phenoxy) is 1. The zero-order valence-electron chi connectivity index (χ0n) is 18.9. The average Bonchev–Trinajstić information content (AvgIpc) is 3.63. The Kier molecular flexibility index (Phi) is 5.72. The molecule has 2 N–H and O–H groups in total. The molecule has 0 spiro atoms. The van der Waals surface area contributed by atoms with Crippen LogP contribution in [0.25, 0.3) is 10.4 Å². The smallest absolute Gasteiger partial charge is 0.261 e. The Morgan fingerprint density at radius 1 is 1.15 bits per heavy atom. The molecule has 0 radical (unpaired) electrons. The zero-order valence-corrected chi connectivity index (χ0v) is 19.8. The van der Waals surface area contributed by atoms with Gasteiger partial charge in [-0.25, -0.2) is 4.98 Å². The fraction of sp³-hybridized carbons (Fsp3) is 0.385.